The molecule has 0 atom stereocenters. The number of para-hydroxylation sites is 1. The molecule has 0 aliphatic rings. The average Bonchev–Trinajstić information content (AvgIpc) is 2.88. The van der Waals surface area contributed by atoms with Crippen LogP contribution in [0.1, 0.15) is 25.6 Å². The van der Waals surface area contributed by atoms with E-state index in [1.54, 1.807) is 0 Å². The number of benzene rings is 1. The molecule has 108 valence electrons. The molecule has 1 aromatic carbocycles. The Morgan fingerprint density at radius 2 is 1.95 bits per heavy atom. The molecule has 0 radical (unpaired) electrons. The number of aromatic nitrogens is 2. The molecule has 0 bridgehead atoms. The number of nitrogens with zero attached hydrogens (tertiary/aromatic N) is 2. The van der Waals surface area contributed by atoms with Crippen molar-refractivity contribution in [3.63, 3.8) is 0 Å². The van der Waals surface area contributed by atoms with Gasteiger partial charge in [0.1, 0.15) is 19.0 Å². The first-order valence-electron chi connectivity index (χ1n) is 6.43. The minimum absolute atomic E-state index is 0.251. The van der Waals surface area contributed by atoms with E-state index in [2.05, 4.69) is 10.1 Å². The van der Waals surface area contributed by atoms with Gasteiger partial charge in [0.15, 0.2) is 5.82 Å². The van der Waals surface area contributed by atoms with Gasteiger partial charge in [0.25, 0.3) is 5.89 Å². The lowest BCUT2D eigenvalue weighted by atomic mass is 10.1. The van der Waals surface area contributed by atoms with E-state index in [9.17, 15) is 0 Å². The predicted octanol–water partition coefficient (Wildman–Crippen LogP) is 1.86. The van der Waals surface area contributed by atoms with Gasteiger partial charge in [-0.3, -0.25) is 0 Å². The van der Waals surface area contributed by atoms with Crippen LogP contribution < -0.4 is 10.5 Å². The van der Waals surface area contributed by atoms with E-state index in [0.29, 0.717) is 24.9 Å². The molecule has 1 heterocycles. The van der Waals surface area contributed by atoms with Crippen molar-refractivity contribution in [1.82, 2.24) is 10.1 Å². The molecule has 6 nitrogen and oxygen atoms in total. The van der Waals surface area contributed by atoms with Gasteiger partial charge < -0.3 is 19.7 Å². The van der Waals surface area contributed by atoms with Crippen LogP contribution in [0.4, 0.5) is 0 Å². The maximum absolute atomic E-state index is 5.87. The molecule has 0 aliphatic carbocycles. The smallest absolute Gasteiger partial charge is 0.252 e. The second kappa shape index (κ2) is 6.49. The van der Waals surface area contributed by atoms with Crippen molar-refractivity contribution in [2.75, 3.05) is 13.2 Å². The Hall–Kier alpha value is -1.92. The molecule has 1 aromatic heterocycles. The average molecular weight is 277 g/mol. The molecule has 2 N–H and O–H groups in total. The Morgan fingerprint density at radius 3 is 2.60 bits per heavy atom. The van der Waals surface area contributed by atoms with Crippen LogP contribution in [-0.4, -0.2) is 23.4 Å². The monoisotopic (exact) mass is 277 g/mol. The Morgan fingerprint density at radius 1 is 1.20 bits per heavy atom. The molecule has 2 aromatic rings. The Bertz CT molecular complexity index is 520. The normalized spacial score (nSPS) is 11.6. The molecule has 0 amide bonds. The number of ether oxygens (including phenoxy) is 2. The molecule has 20 heavy (non-hydrogen) atoms. The van der Waals surface area contributed by atoms with Gasteiger partial charge >= 0.3 is 0 Å². The van der Waals surface area contributed by atoms with Crippen molar-refractivity contribution in [2.45, 2.75) is 26.0 Å². The van der Waals surface area contributed by atoms with E-state index in [4.69, 9.17) is 19.7 Å². The van der Waals surface area contributed by atoms with Crippen molar-refractivity contribution < 1.29 is 14.0 Å². The lowest BCUT2D eigenvalue weighted by molar-refractivity contribution is 0.0720. The highest BCUT2D eigenvalue weighted by Crippen LogP contribution is 2.13. The molecule has 0 aliphatic heterocycles. The molecular formula is C14H19N3O3. The van der Waals surface area contributed by atoms with Crippen LogP contribution in [0.5, 0.6) is 5.75 Å². The number of hydrogen-bond acceptors (Lipinski definition) is 6. The van der Waals surface area contributed by atoms with Gasteiger partial charge in [0.2, 0.25) is 0 Å². The quantitative estimate of drug-likeness (QED) is 0.778. The second-order valence-corrected chi connectivity index (χ2v) is 4.95. The third-order valence-corrected chi connectivity index (χ3v) is 2.51. The first-order valence-corrected chi connectivity index (χ1v) is 6.43. The number of rotatable bonds is 7. The summed E-state index contributed by atoms with van der Waals surface area (Å²) >= 11 is 0. The van der Waals surface area contributed by atoms with Crippen LogP contribution >= 0.6 is 0 Å². The largest absolute Gasteiger partial charge is 0.491 e. The topological polar surface area (TPSA) is 83.4 Å². The number of nitrogens with two attached hydrogens (primary N) is 1. The summed E-state index contributed by atoms with van der Waals surface area (Å²) in [6.45, 7) is 4.79. The highest BCUT2D eigenvalue weighted by atomic mass is 16.5. The van der Waals surface area contributed by atoms with Gasteiger partial charge in [-0.05, 0) is 26.0 Å². The van der Waals surface area contributed by atoms with Crippen LogP contribution in [0, 0.1) is 0 Å². The maximum Gasteiger partial charge on any atom is 0.252 e. The predicted molar refractivity (Wildman–Crippen MR) is 73.1 cm³/mol. The van der Waals surface area contributed by atoms with E-state index in [1.165, 1.54) is 0 Å². The zero-order chi connectivity index (χ0) is 14.4. The van der Waals surface area contributed by atoms with E-state index in [0.717, 1.165) is 5.75 Å². The zero-order valence-corrected chi connectivity index (χ0v) is 11.7. The van der Waals surface area contributed by atoms with E-state index < -0.39 is 5.54 Å². The van der Waals surface area contributed by atoms with Crippen molar-refractivity contribution in [3.05, 3.63) is 42.0 Å². The standard InChI is InChI=1S/C14H19N3O3/c1-14(2,15)13-16-12(20-17-13)10-18-8-9-19-11-6-4-3-5-7-11/h3-7H,8-10,15H2,1-2H3. The third kappa shape index (κ3) is 4.32. The van der Waals surface area contributed by atoms with Crippen molar-refractivity contribution in [1.29, 1.82) is 0 Å². The maximum atomic E-state index is 5.87. The van der Waals surface area contributed by atoms with Gasteiger partial charge in [-0.25, -0.2) is 0 Å². The first-order chi connectivity index (χ1) is 9.55. The Kier molecular flexibility index (Phi) is 4.70. The minimum Gasteiger partial charge on any atom is -0.491 e. The fourth-order valence-corrected chi connectivity index (χ4v) is 1.47. The van der Waals surface area contributed by atoms with Crippen LogP contribution in [0.2, 0.25) is 0 Å². The van der Waals surface area contributed by atoms with Crippen LogP contribution in [0.3, 0.4) is 0 Å². The molecule has 0 fully saturated rings. The van der Waals surface area contributed by atoms with E-state index in [-0.39, 0.29) is 6.61 Å². The molecule has 0 saturated heterocycles. The summed E-state index contributed by atoms with van der Waals surface area (Å²) in [5.74, 6) is 1.70. The van der Waals surface area contributed by atoms with Crippen LogP contribution in [0.25, 0.3) is 0 Å². The Balaban J connectivity index is 1.67. The molecular weight excluding hydrogens is 258 g/mol. The van der Waals surface area contributed by atoms with Gasteiger partial charge in [-0.1, -0.05) is 23.4 Å². The van der Waals surface area contributed by atoms with Gasteiger partial charge in [-0.2, -0.15) is 4.98 Å². The summed E-state index contributed by atoms with van der Waals surface area (Å²) < 4.78 is 15.9. The minimum atomic E-state index is -0.613. The zero-order valence-electron chi connectivity index (χ0n) is 11.7. The van der Waals surface area contributed by atoms with Crippen molar-refractivity contribution >= 4 is 0 Å². The summed E-state index contributed by atoms with van der Waals surface area (Å²) in [6, 6.07) is 9.58. The summed E-state index contributed by atoms with van der Waals surface area (Å²) in [5, 5.41) is 3.81. The van der Waals surface area contributed by atoms with E-state index in [1.807, 2.05) is 44.2 Å². The van der Waals surface area contributed by atoms with Crippen LogP contribution in [-0.2, 0) is 16.9 Å². The van der Waals surface area contributed by atoms with Crippen LogP contribution in [0.15, 0.2) is 34.9 Å². The van der Waals surface area contributed by atoms with Crippen molar-refractivity contribution in [2.24, 2.45) is 5.73 Å². The highest BCUT2D eigenvalue weighted by molar-refractivity contribution is 5.20. The summed E-state index contributed by atoms with van der Waals surface area (Å²) in [7, 11) is 0. The van der Waals surface area contributed by atoms with Gasteiger partial charge in [0, 0.05) is 0 Å². The second-order valence-electron chi connectivity index (χ2n) is 4.95. The fraction of sp³-hybridized carbons (Fsp3) is 0.429. The summed E-state index contributed by atoms with van der Waals surface area (Å²) in [6.07, 6.45) is 0. The van der Waals surface area contributed by atoms with Gasteiger partial charge in [-0.15, -0.1) is 0 Å². The molecule has 0 saturated carbocycles. The fourth-order valence-electron chi connectivity index (χ4n) is 1.47. The molecule has 0 unspecified atom stereocenters. The lowest BCUT2D eigenvalue weighted by Gasteiger charge is -2.11. The van der Waals surface area contributed by atoms with Crippen molar-refractivity contribution in [3.8, 4) is 5.75 Å². The lowest BCUT2D eigenvalue weighted by Crippen LogP contribution is -2.30. The number of hydrogen-bond donors (Lipinski definition) is 1. The SMILES string of the molecule is CC(C)(N)c1noc(COCCOc2ccccc2)n1. The molecule has 2 rings (SSSR count). The van der Waals surface area contributed by atoms with E-state index >= 15 is 0 Å². The highest BCUT2D eigenvalue weighted by Gasteiger charge is 2.21. The molecule has 6 heteroatoms. The Labute approximate surface area is 117 Å². The molecule has 0 spiro atoms. The first kappa shape index (κ1) is 14.5. The summed E-state index contributed by atoms with van der Waals surface area (Å²) in [5.41, 5.74) is 5.25. The van der Waals surface area contributed by atoms with Gasteiger partial charge in [0.05, 0.1) is 12.1 Å². The summed E-state index contributed by atoms with van der Waals surface area (Å²) in [4.78, 5) is 4.17. The third-order valence-electron chi connectivity index (χ3n) is 2.51.